The maximum absolute atomic E-state index is 8.90. The molecule has 2 aromatic rings. The number of hydrogen-bond acceptors (Lipinski definition) is 3. The summed E-state index contributed by atoms with van der Waals surface area (Å²) in [4.78, 5) is 4.36. The fraction of sp³-hybridized carbons (Fsp3) is 0.429. The minimum Gasteiger partial charge on any atom is -0.361 e. The first-order valence-corrected chi connectivity index (χ1v) is 11.3. The summed E-state index contributed by atoms with van der Waals surface area (Å²) >= 11 is 2.27. The van der Waals surface area contributed by atoms with E-state index in [2.05, 4.69) is 53.3 Å². The zero-order valence-electron chi connectivity index (χ0n) is 12.0. The number of halogens is 1. The molecule has 0 aliphatic heterocycles. The first kappa shape index (κ1) is 15.5. The van der Waals surface area contributed by atoms with Crippen molar-refractivity contribution in [2.24, 2.45) is 0 Å². The van der Waals surface area contributed by atoms with Crippen LogP contribution in [-0.2, 0) is 11.5 Å². The molecule has 0 radical (unpaired) electrons. The van der Waals surface area contributed by atoms with Crippen molar-refractivity contribution in [2.45, 2.75) is 32.4 Å². The lowest BCUT2D eigenvalue weighted by molar-refractivity contribution is 0.0883. The van der Waals surface area contributed by atoms with Gasteiger partial charge >= 0.3 is 0 Å². The summed E-state index contributed by atoms with van der Waals surface area (Å²) in [6, 6.07) is 7.17. The first-order valence-electron chi connectivity index (χ1n) is 6.53. The number of nitriles is 1. The molecule has 20 heavy (non-hydrogen) atoms. The van der Waals surface area contributed by atoms with Gasteiger partial charge < -0.3 is 4.74 Å². The monoisotopic (exact) mass is 399 g/mol. The predicted molar refractivity (Wildman–Crippen MR) is 91.3 cm³/mol. The SMILES string of the molecule is C[Si](C)(C)CCOCn1c(I)cc2cc(C#N)cnc21. The molecule has 0 unspecified atom stereocenters. The zero-order valence-corrected chi connectivity index (χ0v) is 15.1. The third-order valence-electron chi connectivity index (χ3n) is 3.03. The maximum atomic E-state index is 8.90. The fourth-order valence-corrected chi connectivity index (χ4v) is 3.29. The second-order valence-electron chi connectivity index (χ2n) is 5.99. The number of aromatic nitrogens is 2. The molecular weight excluding hydrogens is 381 g/mol. The molecule has 0 atom stereocenters. The van der Waals surface area contributed by atoms with Crippen LogP contribution in [0.5, 0.6) is 0 Å². The van der Waals surface area contributed by atoms with E-state index in [-0.39, 0.29) is 0 Å². The van der Waals surface area contributed by atoms with Crippen molar-refractivity contribution in [3.8, 4) is 6.07 Å². The van der Waals surface area contributed by atoms with E-state index in [1.165, 1.54) is 0 Å². The second-order valence-corrected chi connectivity index (χ2v) is 12.7. The van der Waals surface area contributed by atoms with Crippen molar-refractivity contribution in [3.05, 3.63) is 27.6 Å². The van der Waals surface area contributed by atoms with Gasteiger partial charge in [0.1, 0.15) is 18.4 Å². The number of nitrogens with zero attached hydrogens (tertiary/aromatic N) is 3. The lowest BCUT2D eigenvalue weighted by atomic mass is 10.2. The summed E-state index contributed by atoms with van der Waals surface area (Å²) in [6.45, 7) is 8.34. The van der Waals surface area contributed by atoms with Gasteiger partial charge in [0.2, 0.25) is 0 Å². The first-order chi connectivity index (χ1) is 9.40. The van der Waals surface area contributed by atoms with Crippen molar-refractivity contribution >= 4 is 41.7 Å². The molecule has 0 aromatic carbocycles. The normalized spacial score (nSPS) is 11.8. The van der Waals surface area contributed by atoms with E-state index >= 15 is 0 Å². The molecule has 2 heterocycles. The average molecular weight is 399 g/mol. The van der Waals surface area contributed by atoms with E-state index in [1.54, 1.807) is 6.20 Å². The number of pyridine rings is 1. The summed E-state index contributed by atoms with van der Waals surface area (Å²) in [5, 5.41) is 9.89. The van der Waals surface area contributed by atoms with Crippen LogP contribution in [0.1, 0.15) is 5.56 Å². The Kier molecular flexibility index (Phi) is 4.83. The van der Waals surface area contributed by atoms with Crippen molar-refractivity contribution in [1.82, 2.24) is 9.55 Å². The molecule has 2 aromatic heterocycles. The molecule has 2 rings (SSSR count). The minimum atomic E-state index is -1.05. The third-order valence-corrected chi connectivity index (χ3v) is 5.63. The number of ether oxygens (including phenoxy) is 1. The van der Waals surface area contributed by atoms with Crippen molar-refractivity contribution in [3.63, 3.8) is 0 Å². The Hall–Kier alpha value is -0.913. The van der Waals surface area contributed by atoms with E-state index in [4.69, 9.17) is 10.00 Å². The summed E-state index contributed by atoms with van der Waals surface area (Å²) in [5.74, 6) is 0. The van der Waals surface area contributed by atoms with E-state index in [1.807, 2.05) is 16.7 Å². The Labute approximate surface area is 133 Å². The van der Waals surface area contributed by atoms with Gasteiger partial charge in [0.05, 0.1) is 9.26 Å². The molecule has 6 heteroatoms. The van der Waals surface area contributed by atoms with Crippen LogP contribution in [-0.4, -0.2) is 24.2 Å². The summed E-state index contributed by atoms with van der Waals surface area (Å²) in [7, 11) is -1.05. The Morgan fingerprint density at radius 2 is 2.15 bits per heavy atom. The van der Waals surface area contributed by atoms with Crippen LogP contribution in [0, 0.1) is 15.0 Å². The van der Waals surface area contributed by atoms with Gasteiger partial charge in [-0.15, -0.1) is 0 Å². The van der Waals surface area contributed by atoms with Crippen LogP contribution in [0.3, 0.4) is 0 Å². The molecule has 0 bridgehead atoms. The molecule has 0 aliphatic carbocycles. The van der Waals surface area contributed by atoms with Crippen LogP contribution in [0.25, 0.3) is 11.0 Å². The van der Waals surface area contributed by atoms with Gasteiger partial charge in [-0.05, 0) is 40.8 Å². The summed E-state index contributed by atoms with van der Waals surface area (Å²) in [5.41, 5.74) is 1.46. The number of hydrogen-bond donors (Lipinski definition) is 0. The standard InChI is InChI=1S/C14H18IN3OSi/c1-20(2,3)5-4-19-10-18-13(15)7-12-6-11(8-16)9-17-14(12)18/h6-7,9H,4-5,10H2,1-3H3. The predicted octanol–water partition coefficient (Wildman–Crippen LogP) is 3.82. The Morgan fingerprint density at radius 3 is 2.80 bits per heavy atom. The fourth-order valence-electron chi connectivity index (χ4n) is 1.83. The largest absolute Gasteiger partial charge is 0.361 e. The Balaban J connectivity index is 2.10. The highest BCUT2D eigenvalue weighted by Gasteiger charge is 2.13. The quantitative estimate of drug-likeness (QED) is 0.436. The second kappa shape index (κ2) is 6.24. The topological polar surface area (TPSA) is 50.8 Å². The molecule has 4 nitrogen and oxygen atoms in total. The average Bonchev–Trinajstić information content (AvgIpc) is 2.68. The molecule has 0 aliphatic rings. The lowest BCUT2D eigenvalue weighted by Crippen LogP contribution is -2.22. The molecule has 0 spiro atoms. The highest BCUT2D eigenvalue weighted by Crippen LogP contribution is 2.20. The van der Waals surface area contributed by atoms with Gasteiger partial charge in [-0.25, -0.2) is 4.98 Å². The smallest absolute Gasteiger partial charge is 0.142 e. The Bertz CT molecular complexity index is 655. The Morgan fingerprint density at radius 1 is 1.40 bits per heavy atom. The number of fused-ring (bicyclic) bond motifs is 1. The molecular formula is C14H18IN3OSi. The molecule has 0 fully saturated rings. The minimum absolute atomic E-state index is 0.519. The van der Waals surface area contributed by atoms with E-state index in [0.29, 0.717) is 12.3 Å². The molecule has 0 saturated carbocycles. The number of rotatable bonds is 5. The van der Waals surface area contributed by atoms with Crippen LogP contribution < -0.4 is 0 Å². The summed E-state index contributed by atoms with van der Waals surface area (Å²) < 4.78 is 8.91. The van der Waals surface area contributed by atoms with Gasteiger partial charge in [-0.3, -0.25) is 4.57 Å². The van der Waals surface area contributed by atoms with Crippen LogP contribution in [0.4, 0.5) is 0 Å². The molecule has 0 amide bonds. The van der Waals surface area contributed by atoms with Crippen LogP contribution >= 0.6 is 22.6 Å². The van der Waals surface area contributed by atoms with Gasteiger partial charge in [-0.1, -0.05) is 19.6 Å². The maximum Gasteiger partial charge on any atom is 0.142 e. The van der Waals surface area contributed by atoms with Gasteiger partial charge in [0.15, 0.2) is 0 Å². The van der Waals surface area contributed by atoms with Gasteiger partial charge in [-0.2, -0.15) is 5.26 Å². The van der Waals surface area contributed by atoms with Gasteiger partial charge in [0.25, 0.3) is 0 Å². The third kappa shape index (κ3) is 3.81. The van der Waals surface area contributed by atoms with E-state index in [0.717, 1.165) is 27.4 Å². The highest BCUT2D eigenvalue weighted by molar-refractivity contribution is 14.1. The molecule has 0 saturated heterocycles. The van der Waals surface area contributed by atoms with Crippen molar-refractivity contribution in [1.29, 1.82) is 5.26 Å². The summed E-state index contributed by atoms with van der Waals surface area (Å²) in [6.07, 6.45) is 1.61. The van der Waals surface area contributed by atoms with Crippen LogP contribution in [0.2, 0.25) is 25.7 Å². The molecule has 0 N–H and O–H groups in total. The van der Waals surface area contributed by atoms with Crippen molar-refractivity contribution < 1.29 is 4.74 Å². The van der Waals surface area contributed by atoms with Crippen LogP contribution in [0.15, 0.2) is 18.3 Å². The highest BCUT2D eigenvalue weighted by atomic mass is 127. The van der Waals surface area contributed by atoms with Crippen molar-refractivity contribution in [2.75, 3.05) is 6.61 Å². The molecule has 106 valence electrons. The van der Waals surface area contributed by atoms with E-state index < -0.39 is 8.07 Å². The lowest BCUT2D eigenvalue weighted by Gasteiger charge is -2.16. The van der Waals surface area contributed by atoms with Gasteiger partial charge in [0, 0.05) is 26.3 Å². The van der Waals surface area contributed by atoms with E-state index in [9.17, 15) is 0 Å². The zero-order chi connectivity index (χ0) is 14.8.